The lowest BCUT2D eigenvalue weighted by atomic mass is 9.92. The van der Waals surface area contributed by atoms with Crippen molar-refractivity contribution in [3.63, 3.8) is 0 Å². The number of aryl methyl sites for hydroxylation is 1. The van der Waals surface area contributed by atoms with Crippen LogP contribution in [0.5, 0.6) is 0 Å². The molecule has 5 rings (SSSR count). The Morgan fingerprint density at radius 2 is 1.86 bits per heavy atom. The number of Topliss-reactive ketones (excluding diaryl/α,β-unsaturated/α-hetero) is 1. The Kier molecular flexibility index (Phi) is 5.74. The van der Waals surface area contributed by atoms with Crippen LogP contribution in [0, 0.1) is 12.7 Å². The summed E-state index contributed by atoms with van der Waals surface area (Å²) >= 11 is 0. The van der Waals surface area contributed by atoms with E-state index in [4.69, 9.17) is 9.98 Å². The summed E-state index contributed by atoms with van der Waals surface area (Å²) < 4.78 is 14.7. The highest BCUT2D eigenvalue weighted by Crippen LogP contribution is 2.35. The van der Waals surface area contributed by atoms with Gasteiger partial charge in [-0.3, -0.25) is 14.6 Å². The first-order valence-corrected chi connectivity index (χ1v) is 11.1. The molecule has 172 valence electrons. The molecular formula is C28H21FN4O2. The first-order valence-electron chi connectivity index (χ1n) is 11.1. The fraction of sp³-hybridized carbons (Fsp3) is 0.107. The molecule has 35 heavy (non-hydrogen) atoms. The van der Waals surface area contributed by atoms with Crippen LogP contribution in [0.3, 0.4) is 0 Å². The summed E-state index contributed by atoms with van der Waals surface area (Å²) in [5, 5.41) is 3.14. The van der Waals surface area contributed by atoms with Crippen LogP contribution in [0.15, 0.2) is 71.9 Å². The Balaban J connectivity index is 1.60. The summed E-state index contributed by atoms with van der Waals surface area (Å²) in [7, 11) is 0. The van der Waals surface area contributed by atoms with Crippen LogP contribution in [0.2, 0.25) is 0 Å². The zero-order valence-corrected chi connectivity index (χ0v) is 19.2. The first kappa shape index (κ1) is 22.3. The Labute approximate surface area is 201 Å². The van der Waals surface area contributed by atoms with E-state index in [1.807, 2.05) is 25.1 Å². The van der Waals surface area contributed by atoms with Crippen LogP contribution in [0.1, 0.15) is 49.9 Å². The molecule has 0 fully saturated rings. The molecule has 1 aromatic heterocycles. The molecule has 1 aliphatic rings. The van der Waals surface area contributed by atoms with Crippen molar-refractivity contribution in [3.05, 3.63) is 106 Å². The van der Waals surface area contributed by atoms with Crippen molar-refractivity contribution >= 4 is 29.4 Å². The second-order valence-electron chi connectivity index (χ2n) is 8.31. The zero-order valence-electron chi connectivity index (χ0n) is 19.2. The molecule has 1 N–H and O–H groups in total. The molecule has 0 radical (unpaired) electrons. The molecule has 6 nitrogen and oxygen atoms in total. The van der Waals surface area contributed by atoms with Gasteiger partial charge >= 0.3 is 0 Å². The average molecular weight is 465 g/mol. The summed E-state index contributed by atoms with van der Waals surface area (Å²) in [4.78, 5) is 37.2. The number of aliphatic imine (C=N–C) groups is 1. The van der Waals surface area contributed by atoms with Gasteiger partial charge < -0.3 is 5.32 Å². The van der Waals surface area contributed by atoms with Crippen LogP contribution in [0.4, 0.5) is 16.0 Å². The molecule has 0 bridgehead atoms. The van der Waals surface area contributed by atoms with Gasteiger partial charge in [-0.2, -0.15) is 0 Å². The van der Waals surface area contributed by atoms with Crippen LogP contribution in [-0.4, -0.2) is 27.7 Å². The fourth-order valence-corrected chi connectivity index (χ4v) is 4.28. The van der Waals surface area contributed by atoms with Gasteiger partial charge in [0, 0.05) is 45.3 Å². The lowest BCUT2D eigenvalue weighted by molar-refractivity contribution is 0.101. The smallest absolute Gasteiger partial charge is 0.227 e. The van der Waals surface area contributed by atoms with E-state index in [0.29, 0.717) is 52.6 Å². The molecule has 4 aromatic rings. The molecule has 0 saturated heterocycles. The van der Waals surface area contributed by atoms with E-state index in [0.717, 1.165) is 22.3 Å². The fourth-order valence-electron chi connectivity index (χ4n) is 4.28. The summed E-state index contributed by atoms with van der Waals surface area (Å²) in [6, 6.07) is 17.3. The number of ketones is 1. The SMILES string of the molecule is CC(=O)c1cc(Nc2ncc3c(n2)-c2c(C)cccc2C(c2ccccc2F)=NC3)ccc1C=O. The second kappa shape index (κ2) is 9.02. The monoisotopic (exact) mass is 464 g/mol. The highest BCUT2D eigenvalue weighted by atomic mass is 19.1. The third-order valence-corrected chi connectivity index (χ3v) is 5.98. The number of rotatable bonds is 5. The predicted octanol–water partition coefficient (Wildman–Crippen LogP) is 5.70. The van der Waals surface area contributed by atoms with Gasteiger partial charge in [-0.1, -0.05) is 30.3 Å². The van der Waals surface area contributed by atoms with Crippen LogP contribution < -0.4 is 5.32 Å². The number of fused-ring (bicyclic) bond motifs is 3. The molecular weight excluding hydrogens is 443 g/mol. The molecule has 0 unspecified atom stereocenters. The van der Waals surface area contributed by atoms with Gasteiger partial charge in [0.05, 0.1) is 18.0 Å². The number of nitrogens with zero attached hydrogens (tertiary/aromatic N) is 3. The van der Waals surface area contributed by atoms with E-state index in [1.165, 1.54) is 13.0 Å². The number of anilines is 2. The zero-order chi connectivity index (χ0) is 24.5. The Bertz CT molecular complexity index is 1530. The predicted molar refractivity (Wildman–Crippen MR) is 133 cm³/mol. The summed E-state index contributed by atoms with van der Waals surface area (Å²) in [6.07, 6.45) is 2.37. The number of aromatic nitrogens is 2. The maximum atomic E-state index is 14.7. The van der Waals surface area contributed by atoms with Crippen molar-refractivity contribution < 1.29 is 14.0 Å². The van der Waals surface area contributed by atoms with E-state index in [2.05, 4.69) is 10.3 Å². The molecule has 0 saturated carbocycles. The molecule has 7 heteroatoms. The lowest BCUT2D eigenvalue weighted by Crippen LogP contribution is -2.08. The Morgan fingerprint density at radius 1 is 1.06 bits per heavy atom. The van der Waals surface area contributed by atoms with Gasteiger partial charge in [0.1, 0.15) is 5.82 Å². The van der Waals surface area contributed by atoms with Crippen molar-refractivity contribution in [3.8, 4) is 11.3 Å². The van der Waals surface area contributed by atoms with Crippen LogP contribution in [-0.2, 0) is 6.54 Å². The second-order valence-corrected chi connectivity index (χ2v) is 8.31. The largest absolute Gasteiger partial charge is 0.324 e. The van der Waals surface area contributed by atoms with Gasteiger partial charge in [0.25, 0.3) is 0 Å². The number of halogens is 1. The minimum atomic E-state index is -0.335. The number of hydrogen-bond donors (Lipinski definition) is 1. The van der Waals surface area contributed by atoms with Crippen molar-refractivity contribution in [2.45, 2.75) is 20.4 Å². The lowest BCUT2D eigenvalue weighted by Gasteiger charge is -2.15. The third-order valence-electron chi connectivity index (χ3n) is 5.98. The van der Waals surface area contributed by atoms with Crippen molar-refractivity contribution in [2.24, 2.45) is 4.99 Å². The van der Waals surface area contributed by atoms with Gasteiger partial charge in [-0.25, -0.2) is 14.4 Å². The quantitative estimate of drug-likeness (QED) is 0.303. The van der Waals surface area contributed by atoms with E-state index in [9.17, 15) is 14.0 Å². The third kappa shape index (κ3) is 4.12. The number of carbonyl (C=O) groups excluding carboxylic acids is 2. The average Bonchev–Trinajstić information content (AvgIpc) is 3.02. The van der Waals surface area contributed by atoms with E-state index < -0.39 is 0 Å². The number of benzene rings is 3. The molecule has 3 aromatic carbocycles. The first-order chi connectivity index (χ1) is 17.0. The molecule has 1 aliphatic heterocycles. The minimum absolute atomic E-state index is 0.207. The minimum Gasteiger partial charge on any atom is -0.324 e. The maximum Gasteiger partial charge on any atom is 0.227 e. The summed E-state index contributed by atoms with van der Waals surface area (Å²) in [5.74, 6) is -0.209. The van der Waals surface area contributed by atoms with Gasteiger partial charge in [0.2, 0.25) is 5.95 Å². The van der Waals surface area contributed by atoms with E-state index >= 15 is 0 Å². The number of carbonyl (C=O) groups is 2. The van der Waals surface area contributed by atoms with Gasteiger partial charge in [-0.05, 0) is 49.7 Å². The van der Waals surface area contributed by atoms with Gasteiger partial charge in [0.15, 0.2) is 12.1 Å². The number of hydrogen-bond acceptors (Lipinski definition) is 6. The summed E-state index contributed by atoms with van der Waals surface area (Å²) in [5.41, 5.74) is 6.42. The highest BCUT2D eigenvalue weighted by molar-refractivity contribution is 6.17. The Hall–Kier alpha value is -4.52. The van der Waals surface area contributed by atoms with Gasteiger partial charge in [-0.15, -0.1) is 0 Å². The molecule has 0 aliphatic carbocycles. The summed E-state index contributed by atoms with van der Waals surface area (Å²) in [6.45, 7) is 3.70. The van der Waals surface area contributed by atoms with Crippen LogP contribution in [0.25, 0.3) is 11.3 Å². The van der Waals surface area contributed by atoms with Crippen molar-refractivity contribution in [1.82, 2.24) is 9.97 Å². The number of nitrogens with one attached hydrogen (secondary N) is 1. The molecule has 2 heterocycles. The van der Waals surface area contributed by atoms with E-state index in [1.54, 1.807) is 42.6 Å². The highest BCUT2D eigenvalue weighted by Gasteiger charge is 2.24. The molecule has 0 amide bonds. The standard InChI is InChI=1S/C28H21FN4O2/c1-16-6-5-8-22-25(16)26-19(13-30-27(22)21-7-3-4-9-24(21)29)14-31-28(33-26)32-20-11-10-18(15-34)23(12-20)17(2)35/h3-12,14-15H,13H2,1-2H3,(H,31,32,33). The normalized spacial score (nSPS) is 12.1. The topological polar surface area (TPSA) is 84.3 Å². The maximum absolute atomic E-state index is 14.7. The molecule has 0 spiro atoms. The number of aldehydes is 1. The van der Waals surface area contributed by atoms with Crippen LogP contribution >= 0.6 is 0 Å². The van der Waals surface area contributed by atoms with Crippen molar-refractivity contribution in [1.29, 1.82) is 0 Å². The Morgan fingerprint density at radius 3 is 2.63 bits per heavy atom. The molecule has 0 atom stereocenters. The van der Waals surface area contributed by atoms with Crippen molar-refractivity contribution in [2.75, 3.05) is 5.32 Å². The van der Waals surface area contributed by atoms with E-state index in [-0.39, 0.29) is 11.6 Å².